The number of amidine groups is 1. The van der Waals surface area contributed by atoms with Gasteiger partial charge in [-0.15, -0.1) is 0 Å². The van der Waals surface area contributed by atoms with Crippen LogP contribution in [0.15, 0.2) is 75.0 Å². The smallest absolute Gasteiger partial charge is 0.270 e. The van der Waals surface area contributed by atoms with E-state index < -0.39 is 10.7 Å². The van der Waals surface area contributed by atoms with Crippen LogP contribution in [0, 0.1) is 15.9 Å². The number of hydrogen-bond donors (Lipinski definition) is 1. The fourth-order valence-corrected chi connectivity index (χ4v) is 3.43. The molecule has 144 valence electrons. The van der Waals surface area contributed by atoms with E-state index in [1.165, 1.54) is 30.3 Å². The van der Waals surface area contributed by atoms with Gasteiger partial charge in [0, 0.05) is 23.8 Å². The number of nitro groups is 1. The van der Waals surface area contributed by atoms with E-state index in [4.69, 9.17) is 4.42 Å². The van der Waals surface area contributed by atoms with Crippen molar-refractivity contribution in [1.29, 1.82) is 0 Å². The number of furan rings is 1. The summed E-state index contributed by atoms with van der Waals surface area (Å²) in [7, 11) is 0. The minimum absolute atomic E-state index is 0.0430. The first kappa shape index (κ1) is 18.6. The lowest BCUT2D eigenvalue weighted by Crippen LogP contribution is -2.19. The van der Waals surface area contributed by atoms with E-state index in [-0.39, 0.29) is 22.4 Å². The highest BCUT2D eigenvalue weighted by atomic mass is 32.2. The summed E-state index contributed by atoms with van der Waals surface area (Å²) >= 11 is 1.06. The number of aliphatic imine (C=N–C) groups is 1. The molecule has 0 atom stereocenters. The molecule has 9 heteroatoms. The van der Waals surface area contributed by atoms with Crippen molar-refractivity contribution < 1.29 is 18.5 Å². The summed E-state index contributed by atoms with van der Waals surface area (Å²) in [4.78, 5) is 27.1. The summed E-state index contributed by atoms with van der Waals surface area (Å²) in [6.45, 7) is 0. The largest absolute Gasteiger partial charge is 0.457 e. The van der Waals surface area contributed by atoms with Gasteiger partial charge in [-0.3, -0.25) is 14.9 Å². The number of amides is 1. The lowest BCUT2D eigenvalue weighted by molar-refractivity contribution is -0.384. The Balaban J connectivity index is 1.56. The molecule has 0 spiro atoms. The maximum absolute atomic E-state index is 13.7. The Morgan fingerprint density at radius 3 is 2.76 bits per heavy atom. The van der Waals surface area contributed by atoms with Gasteiger partial charge >= 0.3 is 0 Å². The number of nitrogens with one attached hydrogen (secondary N) is 1. The van der Waals surface area contributed by atoms with E-state index in [0.29, 0.717) is 22.0 Å². The lowest BCUT2D eigenvalue weighted by atomic mass is 10.1. The number of hydrogen-bond acceptors (Lipinski definition) is 6. The molecule has 2 heterocycles. The summed E-state index contributed by atoms with van der Waals surface area (Å²) in [5, 5.41) is 13.8. The van der Waals surface area contributed by atoms with Crippen LogP contribution in [0.25, 0.3) is 17.4 Å². The Hall–Kier alpha value is -3.72. The molecule has 0 unspecified atom stereocenters. The number of halogens is 1. The van der Waals surface area contributed by atoms with E-state index in [9.17, 15) is 19.3 Å². The van der Waals surface area contributed by atoms with Gasteiger partial charge in [-0.25, -0.2) is 9.38 Å². The second-order valence-electron chi connectivity index (χ2n) is 5.94. The molecule has 2 aromatic carbocycles. The number of para-hydroxylation sites is 1. The number of non-ortho nitro benzene ring substituents is 1. The predicted molar refractivity (Wildman–Crippen MR) is 108 cm³/mol. The molecule has 4 rings (SSSR count). The van der Waals surface area contributed by atoms with Crippen molar-refractivity contribution in [2.75, 3.05) is 0 Å². The van der Waals surface area contributed by atoms with E-state index in [2.05, 4.69) is 10.3 Å². The van der Waals surface area contributed by atoms with Gasteiger partial charge in [0.05, 0.1) is 9.83 Å². The standard InChI is InChI=1S/C20H12FN3O4S/c21-15-6-1-2-7-16(15)22-20-23-19(25)18(29-20)11-14-8-9-17(28-14)12-4-3-5-13(10-12)24(26)27/h1-11H,(H,22,23,25). The molecule has 1 saturated heterocycles. The van der Waals surface area contributed by atoms with Crippen LogP contribution >= 0.6 is 11.8 Å². The van der Waals surface area contributed by atoms with Gasteiger partial charge in [0.1, 0.15) is 23.0 Å². The number of carbonyl (C=O) groups excluding carboxylic acids is 1. The van der Waals surface area contributed by atoms with Gasteiger partial charge in [-0.05, 0) is 36.0 Å². The van der Waals surface area contributed by atoms with Crippen molar-refractivity contribution in [1.82, 2.24) is 5.32 Å². The SMILES string of the molecule is O=C1NC(=Nc2ccccc2F)SC1=Cc1ccc(-c2cccc([N+](=O)[O-])c2)o1. The first-order chi connectivity index (χ1) is 14.0. The van der Waals surface area contributed by atoms with E-state index in [0.717, 1.165) is 11.8 Å². The highest BCUT2D eigenvalue weighted by molar-refractivity contribution is 8.18. The highest BCUT2D eigenvalue weighted by Crippen LogP contribution is 2.31. The molecule has 1 aliphatic rings. The van der Waals surface area contributed by atoms with Crippen LogP contribution in [0.2, 0.25) is 0 Å². The minimum Gasteiger partial charge on any atom is -0.457 e. The van der Waals surface area contributed by atoms with E-state index in [1.807, 2.05) is 0 Å². The van der Waals surface area contributed by atoms with Crippen molar-refractivity contribution in [3.05, 3.63) is 87.3 Å². The van der Waals surface area contributed by atoms with Crippen molar-refractivity contribution >= 4 is 40.3 Å². The molecule has 1 amide bonds. The molecule has 0 aliphatic carbocycles. The van der Waals surface area contributed by atoms with Gasteiger partial charge in [-0.2, -0.15) is 0 Å². The molecule has 3 aromatic rings. The second kappa shape index (κ2) is 7.72. The fourth-order valence-electron chi connectivity index (χ4n) is 2.62. The molecule has 0 radical (unpaired) electrons. The Morgan fingerprint density at radius 1 is 1.14 bits per heavy atom. The third-order valence-electron chi connectivity index (χ3n) is 3.97. The van der Waals surface area contributed by atoms with Crippen molar-refractivity contribution in [2.45, 2.75) is 0 Å². The maximum Gasteiger partial charge on any atom is 0.270 e. The van der Waals surface area contributed by atoms with Crippen LogP contribution in [0.1, 0.15) is 5.76 Å². The summed E-state index contributed by atoms with van der Waals surface area (Å²) in [6, 6.07) is 15.4. The molecule has 1 aromatic heterocycles. The Labute approximate surface area is 168 Å². The molecule has 1 fully saturated rings. The Morgan fingerprint density at radius 2 is 1.97 bits per heavy atom. The third kappa shape index (κ3) is 4.09. The van der Waals surface area contributed by atoms with E-state index >= 15 is 0 Å². The van der Waals surface area contributed by atoms with Crippen molar-refractivity contribution in [2.24, 2.45) is 4.99 Å². The van der Waals surface area contributed by atoms with E-state index in [1.54, 1.807) is 36.4 Å². The molecule has 0 saturated carbocycles. The van der Waals surface area contributed by atoms with Gasteiger partial charge in [0.15, 0.2) is 5.17 Å². The quantitative estimate of drug-likeness (QED) is 0.376. The normalized spacial score (nSPS) is 16.4. The van der Waals surface area contributed by atoms with Gasteiger partial charge < -0.3 is 9.73 Å². The summed E-state index contributed by atoms with van der Waals surface area (Å²) in [5.74, 6) is -0.0289. The molecule has 1 N–H and O–H groups in total. The summed E-state index contributed by atoms with van der Waals surface area (Å²) in [5.41, 5.74) is 0.634. The monoisotopic (exact) mass is 409 g/mol. The first-order valence-electron chi connectivity index (χ1n) is 8.38. The zero-order chi connectivity index (χ0) is 20.4. The molecular formula is C20H12FN3O4S. The Bertz CT molecular complexity index is 1190. The van der Waals surface area contributed by atoms with Crippen LogP contribution in [0.5, 0.6) is 0 Å². The average Bonchev–Trinajstić information content (AvgIpc) is 3.31. The number of nitro benzene ring substituents is 1. The molecule has 7 nitrogen and oxygen atoms in total. The minimum atomic E-state index is -0.486. The lowest BCUT2D eigenvalue weighted by Gasteiger charge is -1.97. The number of carbonyl (C=O) groups is 1. The van der Waals surface area contributed by atoms with Crippen LogP contribution in [0.4, 0.5) is 15.8 Å². The average molecular weight is 409 g/mol. The van der Waals surface area contributed by atoms with Crippen LogP contribution in [-0.2, 0) is 4.79 Å². The number of thioether (sulfide) groups is 1. The number of benzene rings is 2. The molecule has 29 heavy (non-hydrogen) atoms. The van der Waals surface area contributed by atoms with Crippen LogP contribution in [-0.4, -0.2) is 16.0 Å². The van der Waals surface area contributed by atoms with Crippen molar-refractivity contribution in [3.8, 4) is 11.3 Å². The summed E-state index contributed by atoms with van der Waals surface area (Å²) < 4.78 is 19.4. The zero-order valence-electron chi connectivity index (χ0n) is 14.7. The number of rotatable bonds is 4. The van der Waals surface area contributed by atoms with Gasteiger partial charge in [0.2, 0.25) is 0 Å². The molecule has 0 bridgehead atoms. The zero-order valence-corrected chi connectivity index (χ0v) is 15.5. The first-order valence-corrected chi connectivity index (χ1v) is 9.20. The Kier molecular flexibility index (Phi) is 4.96. The predicted octanol–water partition coefficient (Wildman–Crippen LogP) is 4.89. The maximum atomic E-state index is 13.7. The highest BCUT2D eigenvalue weighted by Gasteiger charge is 2.24. The topological polar surface area (TPSA) is 97.7 Å². The van der Waals surface area contributed by atoms with Crippen LogP contribution in [0.3, 0.4) is 0 Å². The summed E-state index contributed by atoms with van der Waals surface area (Å²) in [6.07, 6.45) is 1.53. The van der Waals surface area contributed by atoms with Crippen molar-refractivity contribution in [3.63, 3.8) is 0 Å². The van der Waals surface area contributed by atoms with Gasteiger partial charge in [-0.1, -0.05) is 24.3 Å². The van der Waals surface area contributed by atoms with Crippen LogP contribution < -0.4 is 5.32 Å². The number of nitrogens with zero attached hydrogens (tertiary/aromatic N) is 2. The fraction of sp³-hybridized carbons (Fsp3) is 0. The van der Waals surface area contributed by atoms with Gasteiger partial charge in [0.25, 0.3) is 11.6 Å². The molecular weight excluding hydrogens is 397 g/mol. The second-order valence-corrected chi connectivity index (χ2v) is 6.97. The molecule has 1 aliphatic heterocycles. The third-order valence-corrected chi connectivity index (χ3v) is 4.88.